The van der Waals surface area contributed by atoms with Crippen LogP contribution in [0.25, 0.3) is 5.65 Å². The number of carbonyl (C=O) groups is 1. The minimum Gasteiger partial charge on any atom is -0.350 e. The van der Waals surface area contributed by atoms with E-state index in [0.717, 1.165) is 25.2 Å². The maximum Gasteiger partial charge on any atom is 0.256 e. The van der Waals surface area contributed by atoms with Gasteiger partial charge in [-0.15, -0.1) is 0 Å². The third kappa shape index (κ3) is 4.00. The maximum absolute atomic E-state index is 12.4. The van der Waals surface area contributed by atoms with Gasteiger partial charge in [-0.2, -0.15) is 5.10 Å². The zero-order valence-electron chi connectivity index (χ0n) is 15.7. The Morgan fingerprint density at radius 2 is 2.16 bits per heavy atom. The molecule has 2 aromatic heterocycles. The predicted octanol–water partition coefficient (Wildman–Crippen LogP) is 2.70. The SMILES string of the molecule is CC(C)CN1CCCC(c2ccnc3c(C(=O)NC(C)C)cnn23)C1. The molecule has 1 amide bonds. The van der Waals surface area contributed by atoms with Crippen LogP contribution in [0.2, 0.25) is 0 Å². The van der Waals surface area contributed by atoms with E-state index < -0.39 is 0 Å². The molecule has 0 aromatic carbocycles. The fraction of sp³-hybridized carbons (Fsp3) is 0.632. The lowest BCUT2D eigenvalue weighted by molar-refractivity contribution is 0.0944. The summed E-state index contributed by atoms with van der Waals surface area (Å²) >= 11 is 0. The fourth-order valence-electron chi connectivity index (χ4n) is 3.70. The van der Waals surface area contributed by atoms with Crippen molar-refractivity contribution in [3.8, 4) is 0 Å². The Kier molecular flexibility index (Phi) is 5.37. The van der Waals surface area contributed by atoms with Gasteiger partial charge in [0.25, 0.3) is 5.91 Å². The molecule has 3 heterocycles. The second-order valence-corrected chi connectivity index (χ2v) is 7.78. The molecule has 1 N–H and O–H groups in total. The van der Waals surface area contributed by atoms with Crippen LogP contribution in [0.3, 0.4) is 0 Å². The molecule has 25 heavy (non-hydrogen) atoms. The normalized spacial score (nSPS) is 19.0. The zero-order valence-corrected chi connectivity index (χ0v) is 15.7. The Balaban J connectivity index is 1.87. The monoisotopic (exact) mass is 343 g/mol. The summed E-state index contributed by atoms with van der Waals surface area (Å²) in [5.41, 5.74) is 2.35. The summed E-state index contributed by atoms with van der Waals surface area (Å²) in [7, 11) is 0. The van der Waals surface area contributed by atoms with Crippen molar-refractivity contribution in [3.05, 3.63) is 29.7 Å². The Hall–Kier alpha value is -1.95. The van der Waals surface area contributed by atoms with Crippen molar-refractivity contribution in [2.45, 2.75) is 52.5 Å². The highest BCUT2D eigenvalue weighted by Crippen LogP contribution is 2.27. The third-order valence-corrected chi connectivity index (χ3v) is 4.64. The predicted molar refractivity (Wildman–Crippen MR) is 98.8 cm³/mol. The number of piperidine rings is 1. The number of hydrogen-bond acceptors (Lipinski definition) is 4. The van der Waals surface area contributed by atoms with Gasteiger partial charge < -0.3 is 10.2 Å². The third-order valence-electron chi connectivity index (χ3n) is 4.64. The summed E-state index contributed by atoms with van der Waals surface area (Å²) in [5, 5.41) is 7.41. The van der Waals surface area contributed by atoms with Crippen molar-refractivity contribution in [1.82, 2.24) is 24.8 Å². The van der Waals surface area contributed by atoms with E-state index in [9.17, 15) is 4.79 Å². The number of nitrogens with one attached hydrogen (secondary N) is 1. The van der Waals surface area contributed by atoms with E-state index in [-0.39, 0.29) is 11.9 Å². The number of rotatable bonds is 5. The van der Waals surface area contributed by atoms with Gasteiger partial charge in [-0.25, -0.2) is 9.50 Å². The average molecular weight is 343 g/mol. The first kappa shape index (κ1) is 17.9. The number of aromatic nitrogens is 3. The quantitative estimate of drug-likeness (QED) is 0.907. The molecule has 0 aliphatic carbocycles. The van der Waals surface area contributed by atoms with E-state index in [1.165, 1.54) is 13.0 Å². The number of likely N-dealkylation sites (tertiary alicyclic amines) is 1. The van der Waals surface area contributed by atoms with Crippen LogP contribution in [0.15, 0.2) is 18.5 Å². The van der Waals surface area contributed by atoms with Crippen molar-refractivity contribution in [1.29, 1.82) is 0 Å². The molecule has 3 rings (SSSR count). The molecular weight excluding hydrogens is 314 g/mol. The second-order valence-electron chi connectivity index (χ2n) is 7.78. The number of hydrogen-bond donors (Lipinski definition) is 1. The second kappa shape index (κ2) is 7.52. The van der Waals surface area contributed by atoms with Crippen LogP contribution >= 0.6 is 0 Å². The molecule has 0 saturated carbocycles. The topological polar surface area (TPSA) is 62.5 Å². The first-order valence-corrected chi connectivity index (χ1v) is 9.31. The minimum atomic E-state index is -0.111. The molecule has 0 bridgehead atoms. The lowest BCUT2D eigenvalue weighted by Crippen LogP contribution is -2.37. The van der Waals surface area contributed by atoms with Gasteiger partial charge in [0, 0.05) is 31.2 Å². The number of amides is 1. The molecule has 136 valence electrons. The summed E-state index contributed by atoms with van der Waals surface area (Å²) in [6.45, 7) is 11.8. The Morgan fingerprint density at radius 3 is 2.88 bits per heavy atom. The molecule has 6 heteroatoms. The van der Waals surface area contributed by atoms with E-state index in [0.29, 0.717) is 23.0 Å². The van der Waals surface area contributed by atoms with E-state index >= 15 is 0 Å². The van der Waals surface area contributed by atoms with E-state index in [2.05, 4.69) is 34.1 Å². The molecular formula is C19H29N5O. The van der Waals surface area contributed by atoms with Crippen molar-refractivity contribution in [3.63, 3.8) is 0 Å². The van der Waals surface area contributed by atoms with E-state index in [4.69, 9.17) is 0 Å². The average Bonchev–Trinajstić information content (AvgIpc) is 2.98. The largest absolute Gasteiger partial charge is 0.350 e. The van der Waals surface area contributed by atoms with Crippen LogP contribution < -0.4 is 5.32 Å². The van der Waals surface area contributed by atoms with Crippen molar-refractivity contribution < 1.29 is 4.79 Å². The molecule has 1 atom stereocenters. The highest BCUT2D eigenvalue weighted by atomic mass is 16.1. The summed E-state index contributed by atoms with van der Waals surface area (Å²) in [4.78, 5) is 19.3. The number of fused-ring (bicyclic) bond motifs is 1. The van der Waals surface area contributed by atoms with Crippen LogP contribution in [0.5, 0.6) is 0 Å². The van der Waals surface area contributed by atoms with Gasteiger partial charge in [-0.3, -0.25) is 4.79 Å². The molecule has 2 aromatic rings. The van der Waals surface area contributed by atoms with Crippen molar-refractivity contribution in [2.24, 2.45) is 5.92 Å². The van der Waals surface area contributed by atoms with Gasteiger partial charge in [0.05, 0.1) is 11.9 Å². The fourth-order valence-corrected chi connectivity index (χ4v) is 3.70. The van der Waals surface area contributed by atoms with Gasteiger partial charge in [-0.05, 0) is 45.2 Å². The lowest BCUT2D eigenvalue weighted by Gasteiger charge is -2.33. The van der Waals surface area contributed by atoms with Crippen LogP contribution in [-0.4, -0.2) is 51.1 Å². The molecule has 1 unspecified atom stereocenters. The summed E-state index contributed by atoms with van der Waals surface area (Å²) < 4.78 is 1.86. The molecule has 0 spiro atoms. The zero-order chi connectivity index (χ0) is 18.0. The van der Waals surface area contributed by atoms with Crippen molar-refractivity contribution >= 4 is 11.6 Å². The van der Waals surface area contributed by atoms with Crippen LogP contribution in [0, 0.1) is 5.92 Å². The van der Waals surface area contributed by atoms with Crippen LogP contribution in [0.4, 0.5) is 0 Å². The first-order valence-electron chi connectivity index (χ1n) is 9.31. The highest BCUT2D eigenvalue weighted by molar-refractivity contribution is 5.99. The number of nitrogens with zero attached hydrogens (tertiary/aromatic N) is 4. The Labute approximate surface area is 149 Å². The smallest absolute Gasteiger partial charge is 0.256 e. The van der Waals surface area contributed by atoms with Crippen molar-refractivity contribution in [2.75, 3.05) is 19.6 Å². The van der Waals surface area contributed by atoms with Gasteiger partial charge in [-0.1, -0.05) is 13.8 Å². The first-order chi connectivity index (χ1) is 12.0. The molecule has 1 aliphatic rings. The highest BCUT2D eigenvalue weighted by Gasteiger charge is 2.25. The van der Waals surface area contributed by atoms with Gasteiger partial charge in [0.15, 0.2) is 5.65 Å². The van der Waals surface area contributed by atoms with E-state index in [1.54, 1.807) is 12.4 Å². The van der Waals surface area contributed by atoms with Gasteiger partial charge in [0.1, 0.15) is 5.56 Å². The summed E-state index contributed by atoms with van der Waals surface area (Å²) in [6.07, 6.45) is 5.79. The van der Waals surface area contributed by atoms with E-state index in [1.807, 2.05) is 24.4 Å². The molecule has 6 nitrogen and oxygen atoms in total. The molecule has 0 radical (unpaired) electrons. The number of carbonyl (C=O) groups excluding carboxylic acids is 1. The molecule has 1 fully saturated rings. The Morgan fingerprint density at radius 1 is 1.36 bits per heavy atom. The molecule has 1 saturated heterocycles. The summed E-state index contributed by atoms with van der Waals surface area (Å²) in [6, 6.07) is 2.14. The molecule has 1 aliphatic heterocycles. The van der Waals surface area contributed by atoms with Gasteiger partial charge >= 0.3 is 0 Å². The van der Waals surface area contributed by atoms with Crippen LogP contribution in [0.1, 0.15) is 62.5 Å². The van der Waals surface area contributed by atoms with Crippen LogP contribution in [-0.2, 0) is 0 Å². The maximum atomic E-state index is 12.4. The lowest BCUT2D eigenvalue weighted by atomic mass is 9.94. The minimum absolute atomic E-state index is 0.0913. The summed E-state index contributed by atoms with van der Waals surface area (Å²) in [5.74, 6) is 0.992. The van der Waals surface area contributed by atoms with Gasteiger partial charge in [0.2, 0.25) is 0 Å². The standard InChI is InChI=1S/C19H29N5O/c1-13(2)11-23-9-5-6-15(12-23)17-7-8-20-18-16(10-21-24(17)18)19(25)22-14(3)4/h7-8,10,13-15H,5-6,9,11-12H2,1-4H3,(H,22,25). The Bertz CT molecular complexity index is 736.